The van der Waals surface area contributed by atoms with Crippen LogP contribution in [0, 0.1) is 0 Å². The molecule has 5 nitrogen and oxygen atoms in total. The molecule has 0 unspecified atom stereocenters. The molecule has 0 aliphatic heterocycles. The number of amides is 1. The van der Waals surface area contributed by atoms with Crippen LogP contribution in [0.15, 0.2) is 52.9 Å². The van der Waals surface area contributed by atoms with E-state index in [-0.39, 0.29) is 6.61 Å². The molecular formula is C23H29NO4. The number of nitrogens with one attached hydrogen (secondary N) is 1. The zero-order valence-corrected chi connectivity index (χ0v) is 17.2. The average Bonchev–Trinajstić information content (AvgIpc) is 3.11. The Morgan fingerprint density at radius 2 is 1.82 bits per heavy atom. The molecule has 150 valence electrons. The zero-order chi connectivity index (χ0) is 20.7. The lowest BCUT2D eigenvalue weighted by molar-refractivity contribution is 0.0523. The van der Waals surface area contributed by atoms with Crippen LogP contribution < -0.4 is 5.32 Å². The summed E-state index contributed by atoms with van der Waals surface area (Å²) < 4.78 is 11.2. The molecule has 0 saturated heterocycles. The number of benzene rings is 2. The normalized spacial score (nSPS) is 10.9. The number of aliphatic hydroxyl groups is 1. The van der Waals surface area contributed by atoms with Gasteiger partial charge in [-0.3, -0.25) is 0 Å². The van der Waals surface area contributed by atoms with Gasteiger partial charge in [0.25, 0.3) is 0 Å². The van der Waals surface area contributed by atoms with E-state index >= 15 is 0 Å². The lowest BCUT2D eigenvalue weighted by atomic mass is 10.1. The number of ether oxygens (including phenoxy) is 1. The van der Waals surface area contributed by atoms with Crippen molar-refractivity contribution in [2.45, 2.75) is 53.4 Å². The van der Waals surface area contributed by atoms with E-state index in [1.165, 1.54) is 0 Å². The predicted molar refractivity (Wildman–Crippen MR) is 112 cm³/mol. The van der Waals surface area contributed by atoms with E-state index in [1.807, 2.05) is 83.1 Å². The fraction of sp³-hybridized carbons (Fsp3) is 0.348. The average molecular weight is 383 g/mol. The summed E-state index contributed by atoms with van der Waals surface area (Å²) in [4.78, 5) is 11.8. The standard InChI is InChI=1S/C21H23NO4.C2H6/c1-21(2,3)26-20(24)22-12-14-6-4-7-15(10-14)18-11-16-8-5-9-17(13-23)19(16)25-18;1-2/h4-11,23H,12-13H2,1-3H3,(H,22,24);1-2H3. The molecule has 1 aromatic heterocycles. The number of furan rings is 1. The maximum atomic E-state index is 11.8. The van der Waals surface area contributed by atoms with Crippen LogP contribution in [-0.2, 0) is 17.9 Å². The van der Waals surface area contributed by atoms with Gasteiger partial charge in [-0.05, 0) is 38.5 Å². The summed E-state index contributed by atoms with van der Waals surface area (Å²) in [5, 5.41) is 13.2. The first-order valence-electron chi connectivity index (χ1n) is 9.54. The Bertz CT molecular complexity index is 922. The van der Waals surface area contributed by atoms with Crippen molar-refractivity contribution in [2.24, 2.45) is 0 Å². The highest BCUT2D eigenvalue weighted by molar-refractivity contribution is 5.85. The highest BCUT2D eigenvalue weighted by Crippen LogP contribution is 2.30. The summed E-state index contributed by atoms with van der Waals surface area (Å²) in [6.45, 7) is 9.79. The van der Waals surface area contributed by atoms with Crippen molar-refractivity contribution in [3.63, 3.8) is 0 Å². The molecule has 0 atom stereocenters. The highest BCUT2D eigenvalue weighted by Gasteiger charge is 2.16. The molecule has 2 aromatic carbocycles. The van der Waals surface area contributed by atoms with Gasteiger partial charge in [0, 0.05) is 23.1 Å². The molecule has 1 amide bonds. The minimum atomic E-state index is -0.523. The van der Waals surface area contributed by atoms with Gasteiger partial charge in [-0.15, -0.1) is 0 Å². The third-order valence-corrected chi connectivity index (χ3v) is 3.84. The molecule has 28 heavy (non-hydrogen) atoms. The van der Waals surface area contributed by atoms with E-state index in [4.69, 9.17) is 9.15 Å². The van der Waals surface area contributed by atoms with Crippen LogP contribution in [0.5, 0.6) is 0 Å². The minimum absolute atomic E-state index is 0.0653. The maximum absolute atomic E-state index is 11.8. The maximum Gasteiger partial charge on any atom is 0.407 e. The molecule has 2 N–H and O–H groups in total. The van der Waals surface area contributed by atoms with Crippen molar-refractivity contribution in [1.29, 1.82) is 0 Å². The van der Waals surface area contributed by atoms with Gasteiger partial charge in [0.2, 0.25) is 0 Å². The van der Waals surface area contributed by atoms with Crippen LogP contribution in [0.2, 0.25) is 0 Å². The lowest BCUT2D eigenvalue weighted by Crippen LogP contribution is -2.32. The summed E-state index contributed by atoms with van der Waals surface area (Å²) >= 11 is 0. The van der Waals surface area contributed by atoms with Crippen LogP contribution in [0.4, 0.5) is 4.79 Å². The Hall–Kier alpha value is -2.79. The molecule has 0 aliphatic rings. The summed E-state index contributed by atoms with van der Waals surface area (Å²) in [6, 6.07) is 15.4. The van der Waals surface area contributed by atoms with E-state index in [9.17, 15) is 9.90 Å². The van der Waals surface area contributed by atoms with Gasteiger partial charge in [-0.1, -0.05) is 50.2 Å². The number of rotatable bonds is 4. The van der Waals surface area contributed by atoms with Crippen LogP contribution in [-0.4, -0.2) is 16.8 Å². The molecule has 0 aliphatic carbocycles. The Morgan fingerprint density at radius 3 is 2.50 bits per heavy atom. The first-order chi connectivity index (χ1) is 13.4. The molecule has 0 fully saturated rings. The quantitative estimate of drug-likeness (QED) is 0.611. The Kier molecular flexibility index (Phi) is 7.24. The Labute approximate surface area is 166 Å². The van der Waals surface area contributed by atoms with Gasteiger partial charge < -0.3 is 19.6 Å². The van der Waals surface area contributed by atoms with Crippen LogP contribution in [0.1, 0.15) is 45.7 Å². The number of carbonyl (C=O) groups excluding carboxylic acids is 1. The molecule has 0 radical (unpaired) electrons. The van der Waals surface area contributed by atoms with Gasteiger partial charge in [0.15, 0.2) is 0 Å². The molecule has 0 saturated carbocycles. The topological polar surface area (TPSA) is 71.7 Å². The number of alkyl carbamates (subject to hydrolysis) is 1. The molecule has 3 rings (SSSR count). The summed E-state index contributed by atoms with van der Waals surface area (Å²) in [5.74, 6) is 0.722. The number of para-hydroxylation sites is 1. The predicted octanol–water partition coefficient (Wildman–Crippen LogP) is 5.64. The lowest BCUT2D eigenvalue weighted by Gasteiger charge is -2.19. The second kappa shape index (κ2) is 9.42. The molecule has 3 aromatic rings. The summed E-state index contributed by atoms with van der Waals surface area (Å²) in [6.07, 6.45) is -0.445. The second-order valence-corrected chi connectivity index (χ2v) is 7.16. The van der Waals surface area contributed by atoms with Crippen molar-refractivity contribution in [3.05, 3.63) is 59.7 Å². The first-order valence-corrected chi connectivity index (χ1v) is 9.54. The number of hydrogen-bond donors (Lipinski definition) is 2. The number of aliphatic hydroxyl groups excluding tert-OH is 1. The largest absolute Gasteiger partial charge is 0.456 e. The van der Waals surface area contributed by atoms with Crippen LogP contribution in [0.25, 0.3) is 22.3 Å². The van der Waals surface area contributed by atoms with Crippen molar-refractivity contribution >= 4 is 17.1 Å². The third kappa shape index (κ3) is 5.60. The molecule has 1 heterocycles. The van der Waals surface area contributed by atoms with Gasteiger partial charge in [0.05, 0.1) is 6.61 Å². The molecule has 0 bridgehead atoms. The Morgan fingerprint density at radius 1 is 1.11 bits per heavy atom. The van der Waals surface area contributed by atoms with Crippen molar-refractivity contribution in [1.82, 2.24) is 5.32 Å². The molecular weight excluding hydrogens is 354 g/mol. The molecule has 0 spiro atoms. The second-order valence-electron chi connectivity index (χ2n) is 7.16. The van der Waals surface area contributed by atoms with Gasteiger partial charge in [-0.2, -0.15) is 0 Å². The number of fused-ring (bicyclic) bond motifs is 1. The fourth-order valence-corrected chi connectivity index (χ4v) is 2.71. The van der Waals surface area contributed by atoms with Crippen LogP contribution >= 0.6 is 0 Å². The van der Waals surface area contributed by atoms with E-state index in [0.717, 1.165) is 27.8 Å². The van der Waals surface area contributed by atoms with Gasteiger partial charge in [-0.25, -0.2) is 4.79 Å². The summed E-state index contributed by atoms with van der Waals surface area (Å²) in [7, 11) is 0. The highest BCUT2D eigenvalue weighted by atomic mass is 16.6. The fourth-order valence-electron chi connectivity index (χ4n) is 2.71. The number of carbonyl (C=O) groups is 1. The van der Waals surface area contributed by atoms with Gasteiger partial charge in [0.1, 0.15) is 16.9 Å². The summed E-state index contributed by atoms with van der Waals surface area (Å²) in [5.41, 5.74) is 2.79. The van der Waals surface area contributed by atoms with E-state index in [1.54, 1.807) is 0 Å². The molecule has 5 heteroatoms. The van der Waals surface area contributed by atoms with Crippen molar-refractivity contribution < 1.29 is 19.1 Å². The van der Waals surface area contributed by atoms with E-state index < -0.39 is 11.7 Å². The smallest absolute Gasteiger partial charge is 0.407 e. The van der Waals surface area contributed by atoms with E-state index in [0.29, 0.717) is 12.1 Å². The first kappa shape index (κ1) is 21.5. The van der Waals surface area contributed by atoms with Crippen molar-refractivity contribution in [3.8, 4) is 11.3 Å². The SMILES string of the molecule is CC.CC(C)(C)OC(=O)NCc1cccc(-c2cc3cccc(CO)c3o2)c1. The zero-order valence-electron chi connectivity index (χ0n) is 17.2. The monoisotopic (exact) mass is 383 g/mol. The number of hydrogen-bond acceptors (Lipinski definition) is 4. The van der Waals surface area contributed by atoms with Gasteiger partial charge >= 0.3 is 6.09 Å². The third-order valence-electron chi connectivity index (χ3n) is 3.84. The van der Waals surface area contributed by atoms with Crippen LogP contribution in [0.3, 0.4) is 0 Å². The Balaban J connectivity index is 0.00000136. The van der Waals surface area contributed by atoms with Crippen molar-refractivity contribution in [2.75, 3.05) is 0 Å². The minimum Gasteiger partial charge on any atom is -0.456 e. The van der Waals surface area contributed by atoms with E-state index in [2.05, 4.69) is 5.32 Å².